The van der Waals surface area contributed by atoms with E-state index in [1.807, 2.05) is 0 Å². The van der Waals surface area contributed by atoms with Crippen LogP contribution in [-0.4, -0.2) is 7.05 Å². The van der Waals surface area contributed by atoms with Gasteiger partial charge in [-0.15, -0.1) is 12.4 Å². The molecule has 0 aliphatic heterocycles. The zero-order chi connectivity index (χ0) is 10.1. The highest BCUT2D eigenvalue weighted by Crippen LogP contribution is 2.32. The Kier molecular flexibility index (Phi) is 4.19. The first-order valence-electron chi connectivity index (χ1n) is 3.49. The van der Waals surface area contributed by atoms with E-state index in [-0.39, 0.29) is 18.1 Å². The second-order valence-electron chi connectivity index (χ2n) is 2.44. The monoisotopic (exact) mass is 229 g/mol. The van der Waals surface area contributed by atoms with Crippen molar-refractivity contribution in [1.29, 1.82) is 0 Å². The van der Waals surface area contributed by atoms with Crippen LogP contribution in [0.1, 0.15) is 5.56 Å². The topological polar surface area (TPSA) is 12.0 Å². The van der Waals surface area contributed by atoms with Crippen molar-refractivity contribution in [2.75, 3.05) is 12.4 Å². The van der Waals surface area contributed by atoms with Gasteiger partial charge in [0.2, 0.25) is 0 Å². The molecule has 1 aromatic carbocycles. The second kappa shape index (κ2) is 4.50. The van der Waals surface area contributed by atoms with Gasteiger partial charge in [0.15, 0.2) is 0 Å². The minimum atomic E-state index is -4.64. The summed E-state index contributed by atoms with van der Waals surface area (Å²) in [6, 6.07) is 2.76. The van der Waals surface area contributed by atoms with Crippen molar-refractivity contribution in [2.24, 2.45) is 0 Å². The van der Waals surface area contributed by atoms with E-state index in [9.17, 15) is 17.6 Å². The SMILES string of the molecule is CNc1ccc(F)c(C(F)(F)F)c1.Cl. The predicted octanol–water partition coefficient (Wildman–Crippen LogP) is 3.31. The first-order valence-corrected chi connectivity index (χ1v) is 3.49. The molecule has 1 N–H and O–H groups in total. The highest BCUT2D eigenvalue weighted by molar-refractivity contribution is 5.85. The van der Waals surface area contributed by atoms with Crippen LogP contribution in [0.2, 0.25) is 0 Å². The quantitative estimate of drug-likeness (QED) is 0.729. The Hall–Kier alpha value is -0.970. The van der Waals surface area contributed by atoms with Crippen LogP contribution in [0.3, 0.4) is 0 Å². The van der Waals surface area contributed by atoms with Gasteiger partial charge in [-0.05, 0) is 18.2 Å². The molecule has 0 spiro atoms. The van der Waals surface area contributed by atoms with Crippen molar-refractivity contribution < 1.29 is 17.6 Å². The lowest BCUT2D eigenvalue weighted by Crippen LogP contribution is -2.08. The van der Waals surface area contributed by atoms with Crippen molar-refractivity contribution in [3.05, 3.63) is 29.6 Å². The van der Waals surface area contributed by atoms with Crippen molar-refractivity contribution in [3.63, 3.8) is 0 Å². The van der Waals surface area contributed by atoms with Crippen LogP contribution in [0.5, 0.6) is 0 Å². The Labute approximate surface area is 84.5 Å². The second-order valence-corrected chi connectivity index (χ2v) is 2.44. The number of hydrogen-bond donors (Lipinski definition) is 1. The van der Waals surface area contributed by atoms with E-state index < -0.39 is 17.6 Å². The molecule has 1 nitrogen and oxygen atoms in total. The molecule has 0 fully saturated rings. The van der Waals surface area contributed by atoms with Crippen LogP contribution < -0.4 is 5.32 Å². The fourth-order valence-corrected chi connectivity index (χ4v) is 0.898. The Morgan fingerprint density at radius 3 is 2.21 bits per heavy atom. The van der Waals surface area contributed by atoms with Crippen molar-refractivity contribution in [2.45, 2.75) is 6.18 Å². The zero-order valence-corrected chi connectivity index (χ0v) is 7.97. The number of halogens is 5. The third-order valence-corrected chi connectivity index (χ3v) is 1.56. The van der Waals surface area contributed by atoms with Gasteiger partial charge in [0, 0.05) is 12.7 Å². The van der Waals surface area contributed by atoms with E-state index in [1.54, 1.807) is 0 Å². The highest BCUT2D eigenvalue weighted by Gasteiger charge is 2.34. The van der Waals surface area contributed by atoms with Crippen LogP contribution in [0, 0.1) is 5.82 Å². The van der Waals surface area contributed by atoms with E-state index in [4.69, 9.17) is 0 Å². The normalized spacial score (nSPS) is 10.6. The van der Waals surface area contributed by atoms with E-state index in [1.165, 1.54) is 13.1 Å². The summed E-state index contributed by atoms with van der Waals surface area (Å²) in [5, 5.41) is 2.50. The Morgan fingerprint density at radius 1 is 1.21 bits per heavy atom. The Balaban J connectivity index is 0.00000169. The maximum absolute atomic E-state index is 12.7. The van der Waals surface area contributed by atoms with Gasteiger partial charge in [-0.25, -0.2) is 4.39 Å². The van der Waals surface area contributed by atoms with Gasteiger partial charge >= 0.3 is 6.18 Å². The zero-order valence-electron chi connectivity index (χ0n) is 7.15. The Morgan fingerprint density at radius 2 is 1.79 bits per heavy atom. The van der Waals surface area contributed by atoms with Crippen LogP contribution in [0.15, 0.2) is 18.2 Å². The standard InChI is InChI=1S/C8H7F4N.ClH/c1-13-5-2-3-7(9)6(4-5)8(10,11)12;/h2-4,13H,1H3;1H. The smallest absolute Gasteiger partial charge is 0.388 e. The lowest BCUT2D eigenvalue weighted by molar-refractivity contribution is -0.139. The maximum Gasteiger partial charge on any atom is 0.419 e. The molecule has 80 valence electrons. The number of nitrogens with one attached hydrogen (secondary N) is 1. The summed E-state index contributed by atoms with van der Waals surface area (Å²) < 4.78 is 48.9. The molecule has 0 radical (unpaired) electrons. The molecule has 1 rings (SSSR count). The van der Waals surface area contributed by atoms with Crippen LogP contribution in [0.4, 0.5) is 23.2 Å². The summed E-state index contributed by atoms with van der Waals surface area (Å²) in [4.78, 5) is 0. The van der Waals surface area contributed by atoms with Crippen molar-refractivity contribution in [3.8, 4) is 0 Å². The molecule has 0 atom stereocenters. The average molecular weight is 230 g/mol. The molecule has 6 heteroatoms. The van der Waals surface area contributed by atoms with E-state index >= 15 is 0 Å². The molecule has 14 heavy (non-hydrogen) atoms. The fourth-order valence-electron chi connectivity index (χ4n) is 0.898. The van der Waals surface area contributed by atoms with Crippen LogP contribution in [-0.2, 0) is 6.18 Å². The molecular weight excluding hydrogens is 222 g/mol. The average Bonchev–Trinajstić information content (AvgIpc) is 2.03. The minimum absolute atomic E-state index is 0. The summed E-state index contributed by atoms with van der Waals surface area (Å²) in [5.74, 6) is -1.26. The first-order chi connectivity index (χ1) is 5.95. The molecule has 0 bridgehead atoms. The summed E-state index contributed by atoms with van der Waals surface area (Å²) in [5.41, 5.74) is -1.02. The third-order valence-electron chi connectivity index (χ3n) is 1.56. The predicted molar refractivity (Wildman–Crippen MR) is 48.2 cm³/mol. The minimum Gasteiger partial charge on any atom is -0.388 e. The molecule has 0 heterocycles. The van der Waals surface area contributed by atoms with Gasteiger partial charge < -0.3 is 5.32 Å². The van der Waals surface area contributed by atoms with Crippen LogP contribution in [0.25, 0.3) is 0 Å². The van der Waals surface area contributed by atoms with Gasteiger partial charge in [-0.3, -0.25) is 0 Å². The largest absolute Gasteiger partial charge is 0.419 e. The molecule has 0 aromatic heterocycles. The molecule has 0 aliphatic carbocycles. The summed E-state index contributed by atoms with van der Waals surface area (Å²) in [6.07, 6.45) is -4.64. The summed E-state index contributed by atoms with van der Waals surface area (Å²) in [6.45, 7) is 0. The molecule has 1 aromatic rings. The molecule has 0 aliphatic rings. The fraction of sp³-hybridized carbons (Fsp3) is 0.250. The van der Waals surface area contributed by atoms with Gasteiger partial charge in [-0.1, -0.05) is 0 Å². The Bertz CT molecular complexity index is 311. The number of alkyl halides is 3. The molecule has 0 amide bonds. The number of anilines is 1. The molecular formula is C8H8ClF4N. The lowest BCUT2D eigenvalue weighted by Gasteiger charge is -2.09. The van der Waals surface area contributed by atoms with Gasteiger partial charge in [-0.2, -0.15) is 13.2 Å². The molecule has 0 saturated carbocycles. The van der Waals surface area contributed by atoms with Gasteiger partial charge in [0.25, 0.3) is 0 Å². The first kappa shape index (κ1) is 13.0. The van der Waals surface area contributed by atoms with Crippen molar-refractivity contribution in [1.82, 2.24) is 0 Å². The maximum atomic E-state index is 12.7. The highest BCUT2D eigenvalue weighted by atomic mass is 35.5. The molecule has 0 saturated heterocycles. The van der Waals surface area contributed by atoms with Crippen LogP contribution >= 0.6 is 12.4 Å². The van der Waals surface area contributed by atoms with Gasteiger partial charge in [0.1, 0.15) is 5.82 Å². The van der Waals surface area contributed by atoms with E-state index in [0.29, 0.717) is 0 Å². The number of benzene rings is 1. The number of rotatable bonds is 1. The molecule has 0 unspecified atom stereocenters. The summed E-state index contributed by atoms with van der Waals surface area (Å²) in [7, 11) is 1.47. The van der Waals surface area contributed by atoms with Gasteiger partial charge in [0.05, 0.1) is 5.56 Å². The summed E-state index contributed by atoms with van der Waals surface area (Å²) >= 11 is 0. The van der Waals surface area contributed by atoms with E-state index in [0.717, 1.165) is 12.1 Å². The lowest BCUT2D eigenvalue weighted by atomic mass is 10.2. The third kappa shape index (κ3) is 2.77. The van der Waals surface area contributed by atoms with E-state index in [2.05, 4.69) is 5.32 Å². The number of hydrogen-bond acceptors (Lipinski definition) is 1. The van der Waals surface area contributed by atoms with Crippen molar-refractivity contribution >= 4 is 18.1 Å².